The van der Waals surface area contributed by atoms with E-state index in [9.17, 15) is 9.59 Å². The lowest BCUT2D eigenvalue weighted by atomic mass is 10.4. The monoisotopic (exact) mass is 250 g/mol. The molecule has 0 aliphatic rings. The number of carbonyl (C=O) groups excluding carboxylic acids is 1. The highest BCUT2D eigenvalue weighted by molar-refractivity contribution is 5.90. The van der Waals surface area contributed by atoms with Crippen molar-refractivity contribution in [1.29, 1.82) is 0 Å². The van der Waals surface area contributed by atoms with Gasteiger partial charge < -0.3 is 14.8 Å². The first-order chi connectivity index (χ1) is 8.56. The Morgan fingerprint density at radius 1 is 1.50 bits per heavy atom. The fourth-order valence-corrected chi connectivity index (χ4v) is 1.28. The van der Waals surface area contributed by atoms with Crippen molar-refractivity contribution in [1.82, 2.24) is 20.5 Å². The molecule has 94 valence electrons. The zero-order chi connectivity index (χ0) is 13.1. The fraction of sp³-hybridized carbons (Fsp3) is 0.200. The molecule has 0 saturated heterocycles. The van der Waals surface area contributed by atoms with E-state index in [0.29, 0.717) is 11.6 Å². The molecule has 0 bridgehead atoms. The summed E-state index contributed by atoms with van der Waals surface area (Å²) in [6, 6.07) is 2.80. The number of rotatable bonds is 4. The Morgan fingerprint density at radius 3 is 2.83 bits per heavy atom. The minimum absolute atomic E-state index is 0.0255. The predicted molar refractivity (Wildman–Crippen MR) is 58.0 cm³/mol. The van der Waals surface area contributed by atoms with E-state index in [1.54, 1.807) is 6.92 Å². The zero-order valence-electron chi connectivity index (χ0n) is 9.43. The molecule has 0 aliphatic carbocycles. The Labute approximate surface area is 101 Å². The highest BCUT2D eigenvalue weighted by Crippen LogP contribution is 2.07. The van der Waals surface area contributed by atoms with Crippen LogP contribution in [-0.2, 0) is 6.54 Å². The maximum atomic E-state index is 11.6. The van der Waals surface area contributed by atoms with Crippen molar-refractivity contribution in [3.63, 3.8) is 0 Å². The molecule has 1 amide bonds. The van der Waals surface area contributed by atoms with Crippen LogP contribution in [0.15, 0.2) is 16.5 Å². The Bertz CT molecular complexity index is 586. The van der Waals surface area contributed by atoms with Gasteiger partial charge in [-0.1, -0.05) is 0 Å². The van der Waals surface area contributed by atoms with Gasteiger partial charge in [0.25, 0.3) is 5.91 Å². The molecule has 2 heterocycles. The number of carbonyl (C=O) groups is 2. The maximum Gasteiger partial charge on any atom is 0.371 e. The lowest BCUT2D eigenvalue weighted by Crippen LogP contribution is -2.23. The topological polar surface area (TPSA) is 121 Å². The Balaban J connectivity index is 1.95. The number of carboxylic acids is 1. The first-order valence-electron chi connectivity index (χ1n) is 5.05. The summed E-state index contributed by atoms with van der Waals surface area (Å²) in [4.78, 5) is 26.0. The SMILES string of the molecule is Cc1nc(C(=O)NCc2ccc(C(=O)O)o2)n[nH]1. The first kappa shape index (κ1) is 11.8. The summed E-state index contributed by atoms with van der Waals surface area (Å²) >= 11 is 0. The van der Waals surface area contributed by atoms with E-state index in [2.05, 4.69) is 20.5 Å². The first-order valence-corrected chi connectivity index (χ1v) is 5.05. The van der Waals surface area contributed by atoms with E-state index in [4.69, 9.17) is 9.52 Å². The quantitative estimate of drug-likeness (QED) is 0.719. The zero-order valence-corrected chi connectivity index (χ0v) is 9.43. The number of furan rings is 1. The van der Waals surface area contributed by atoms with Crippen LogP contribution in [0, 0.1) is 6.92 Å². The van der Waals surface area contributed by atoms with Gasteiger partial charge in [-0.05, 0) is 19.1 Å². The van der Waals surface area contributed by atoms with Gasteiger partial charge in [0.15, 0.2) is 0 Å². The number of aromatic carboxylic acids is 1. The molecule has 0 aliphatic heterocycles. The van der Waals surface area contributed by atoms with Crippen LogP contribution >= 0.6 is 0 Å². The molecule has 2 aromatic rings. The normalized spacial score (nSPS) is 10.3. The molecule has 0 saturated carbocycles. The Morgan fingerprint density at radius 2 is 2.28 bits per heavy atom. The van der Waals surface area contributed by atoms with Crippen LogP contribution in [0.2, 0.25) is 0 Å². The van der Waals surface area contributed by atoms with Gasteiger partial charge in [-0.25, -0.2) is 9.78 Å². The van der Waals surface area contributed by atoms with E-state index in [1.165, 1.54) is 12.1 Å². The summed E-state index contributed by atoms with van der Waals surface area (Å²) < 4.78 is 4.97. The molecule has 0 spiro atoms. The smallest absolute Gasteiger partial charge is 0.371 e. The number of nitrogens with zero attached hydrogens (tertiary/aromatic N) is 2. The molecule has 0 unspecified atom stereocenters. The van der Waals surface area contributed by atoms with Crippen LogP contribution in [0.5, 0.6) is 0 Å². The number of amides is 1. The number of aryl methyl sites for hydroxylation is 1. The van der Waals surface area contributed by atoms with Crippen LogP contribution in [0.4, 0.5) is 0 Å². The molecule has 0 atom stereocenters. The minimum atomic E-state index is -1.16. The van der Waals surface area contributed by atoms with Crippen LogP contribution in [0.3, 0.4) is 0 Å². The summed E-state index contributed by atoms with van der Waals surface area (Å²) in [5, 5.41) is 17.4. The second kappa shape index (κ2) is 4.70. The van der Waals surface area contributed by atoms with Crippen molar-refractivity contribution in [3.8, 4) is 0 Å². The summed E-state index contributed by atoms with van der Waals surface area (Å²) in [7, 11) is 0. The number of aromatic nitrogens is 3. The van der Waals surface area contributed by atoms with Gasteiger partial charge in [-0.2, -0.15) is 0 Å². The third-order valence-corrected chi connectivity index (χ3v) is 2.10. The molecular formula is C10H10N4O4. The van der Waals surface area contributed by atoms with Crippen LogP contribution in [0.1, 0.15) is 32.8 Å². The summed E-state index contributed by atoms with van der Waals surface area (Å²) in [6.07, 6.45) is 0. The van der Waals surface area contributed by atoms with Crippen molar-refractivity contribution >= 4 is 11.9 Å². The van der Waals surface area contributed by atoms with E-state index in [-0.39, 0.29) is 18.1 Å². The van der Waals surface area contributed by atoms with Crippen LogP contribution in [-0.4, -0.2) is 32.2 Å². The third kappa shape index (κ3) is 2.54. The molecule has 18 heavy (non-hydrogen) atoms. The van der Waals surface area contributed by atoms with E-state index in [0.717, 1.165) is 0 Å². The van der Waals surface area contributed by atoms with Crippen molar-refractivity contribution in [2.45, 2.75) is 13.5 Å². The largest absolute Gasteiger partial charge is 0.475 e. The fourth-order valence-electron chi connectivity index (χ4n) is 1.28. The number of hydrogen-bond acceptors (Lipinski definition) is 5. The minimum Gasteiger partial charge on any atom is -0.475 e. The summed E-state index contributed by atoms with van der Waals surface area (Å²) in [6.45, 7) is 1.75. The second-order valence-corrected chi connectivity index (χ2v) is 3.50. The van der Waals surface area contributed by atoms with Crippen molar-refractivity contribution in [3.05, 3.63) is 35.3 Å². The van der Waals surface area contributed by atoms with E-state index < -0.39 is 11.9 Å². The molecular weight excluding hydrogens is 240 g/mol. The standard InChI is InChI=1S/C10H10N4O4/c1-5-12-8(14-13-5)9(15)11-4-6-2-3-7(18-6)10(16)17/h2-3H,4H2,1H3,(H,11,15)(H,16,17)(H,12,13,14). The number of nitrogens with one attached hydrogen (secondary N) is 2. The van der Waals surface area contributed by atoms with E-state index >= 15 is 0 Å². The van der Waals surface area contributed by atoms with Crippen molar-refractivity contribution < 1.29 is 19.1 Å². The third-order valence-electron chi connectivity index (χ3n) is 2.10. The van der Waals surface area contributed by atoms with Crippen molar-refractivity contribution in [2.24, 2.45) is 0 Å². The lowest BCUT2D eigenvalue weighted by molar-refractivity contribution is 0.0660. The van der Waals surface area contributed by atoms with Gasteiger partial charge in [0.1, 0.15) is 11.6 Å². The molecule has 8 heteroatoms. The van der Waals surface area contributed by atoms with E-state index in [1.807, 2.05) is 0 Å². The molecule has 2 aromatic heterocycles. The number of carboxylic acid groups (broad SMARTS) is 1. The molecule has 2 rings (SSSR count). The van der Waals surface area contributed by atoms with Gasteiger partial charge in [0.05, 0.1) is 6.54 Å². The molecule has 0 fully saturated rings. The maximum absolute atomic E-state index is 11.6. The van der Waals surface area contributed by atoms with Crippen LogP contribution in [0.25, 0.3) is 0 Å². The Hall–Kier alpha value is -2.64. The Kier molecular flexibility index (Phi) is 3.09. The predicted octanol–water partition coefficient (Wildman–Crippen LogP) is 0.334. The van der Waals surface area contributed by atoms with Crippen LogP contribution < -0.4 is 5.32 Å². The summed E-state index contributed by atoms with van der Waals surface area (Å²) in [5.41, 5.74) is 0. The van der Waals surface area contributed by atoms with Gasteiger partial charge in [0.2, 0.25) is 11.6 Å². The average molecular weight is 250 g/mol. The highest BCUT2D eigenvalue weighted by atomic mass is 16.4. The number of aromatic amines is 1. The van der Waals surface area contributed by atoms with Gasteiger partial charge in [-0.3, -0.25) is 9.89 Å². The number of hydrogen-bond donors (Lipinski definition) is 3. The van der Waals surface area contributed by atoms with Gasteiger partial charge in [0, 0.05) is 0 Å². The second-order valence-electron chi connectivity index (χ2n) is 3.50. The lowest BCUT2D eigenvalue weighted by Gasteiger charge is -1.98. The van der Waals surface area contributed by atoms with Gasteiger partial charge >= 0.3 is 5.97 Å². The molecule has 0 radical (unpaired) electrons. The van der Waals surface area contributed by atoms with Crippen molar-refractivity contribution in [2.75, 3.05) is 0 Å². The number of H-pyrrole nitrogens is 1. The van der Waals surface area contributed by atoms with Gasteiger partial charge in [-0.15, -0.1) is 5.10 Å². The highest BCUT2D eigenvalue weighted by Gasteiger charge is 2.13. The molecule has 8 nitrogen and oxygen atoms in total. The summed E-state index contributed by atoms with van der Waals surface area (Å²) in [5.74, 6) is -0.894. The molecule has 0 aromatic carbocycles. The molecule has 3 N–H and O–H groups in total. The average Bonchev–Trinajstić information content (AvgIpc) is 2.94.